The molecule has 2 atom stereocenters. The third-order valence-electron chi connectivity index (χ3n) is 3.21. The molecular formula is C15H24N2O2S. The maximum absolute atomic E-state index is 12.2. The number of amides is 1. The minimum atomic E-state index is -0.126. The van der Waals surface area contributed by atoms with E-state index >= 15 is 0 Å². The maximum atomic E-state index is 12.2. The summed E-state index contributed by atoms with van der Waals surface area (Å²) in [7, 11) is 1.57. The summed E-state index contributed by atoms with van der Waals surface area (Å²) in [5, 5.41) is 3.18. The zero-order chi connectivity index (χ0) is 15.3. The molecule has 1 aromatic carbocycles. The van der Waals surface area contributed by atoms with Crippen molar-refractivity contribution in [2.24, 2.45) is 5.92 Å². The van der Waals surface area contributed by atoms with Crippen LogP contribution in [0.15, 0.2) is 18.2 Å². The highest BCUT2D eigenvalue weighted by molar-refractivity contribution is 8.01. The Bertz CT molecular complexity index is 463. The first kappa shape index (κ1) is 16.7. The number of ether oxygens (including phenoxy) is 1. The van der Waals surface area contributed by atoms with Crippen LogP contribution in [0.4, 0.5) is 11.4 Å². The first-order valence-electron chi connectivity index (χ1n) is 6.75. The molecule has 0 bridgehead atoms. The molecule has 0 aliphatic carbocycles. The van der Waals surface area contributed by atoms with Crippen LogP contribution in [0.1, 0.15) is 27.7 Å². The van der Waals surface area contributed by atoms with Crippen molar-refractivity contribution in [2.75, 3.05) is 18.2 Å². The third kappa shape index (κ3) is 4.63. The fraction of sp³-hybridized carbons (Fsp3) is 0.533. The van der Waals surface area contributed by atoms with Gasteiger partial charge in [-0.2, -0.15) is 0 Å². The van der Waals surface area contributed by atoms with Crippen molar-refractivity contribution in [1.29, 1.82) is 0 Å². The smallest absolute Gasteiger partial charge is 0.237 e. The molecule has 0 spiro atoms. The van der Waals surface area contributed by atoms with E-state index in [1.807, 2.05) is 6.92 Å². The summed E-state index contributed by atoms with van der Waals surface area (Å²) in [6.07, 6.45) is 0. The molecule has 0 saturated carbocycles. The van der Waals surface area contributed by atoms with Crippen LogP contribution in [-0.4, -0.2) is 23.5 Å². The van der Waals surface area contributed by atoms with Crippen molar-refractivity contribution in [1.82, 2.24) is 0 Å². The zero-order valence-corrected chi connectivity index (χ0v) is 13.6. The second-order valence-corrected chi connectivity index (χ2v) is 6.90. The van der Waals surface area contributed by atoms with Crippen molar-refractivity contribution < 1.29 is 9.53 Å². The summed E-state index contributed by atoms with van der Waals surface area (Å²) in [6.45, 7) is 8.37. The summed E-state index contributed by atoms with van der Waals surface area (Å²) in [5.41, 5.74) is 6.95. The molecule has 0 aliphatic heterocycles. The Kier molecular flexibility index (Phi) is 6.20. The van der Waals surface area contributed by atoms with E-state index in [1.165, 1.54) is 0 Å². The lowest BCUT2D eigenvalue weighted by Crippen LogP contribution is -2.25. The van der Waals surface area contributed by atoms with Gasteiger partial charge in [0, 0.05) is 10.9 Å². The van der Waals surface area contributed by atoms with Crippen LogP contribution in [-0.2, 0) is 4.79 Å². The van der Waals surface area contributed by atoms with Gasteiger partial charge in [-0.05, 0) is 31.0 Å². The number of hydrogen-bond donors (Lipinski definition) is 2. The van der Waals surface area contributed by atoms with Crippen molar-refractivity contribution in [2.45, 2.75) is 38.2 Å². The van der Waals surface area contributed by atoms with Gasteiger partial charge in [0.1, 0.15) is 5.75 Å². The number of nitrogens with two attached hydrogens (primary N) is 1. The summed E-state index contributed by atoms with van der Waals surface area (Å²) < 4.78 is 5.22. The maximum Gasteiger partial charge on any atom is 0.237 e. The SMILES string of the molecule is COc1ccc(N)cc1NC(=O)C(C)SC(C)C(C)C. The lowest BCUT2D eigenvalue weighted by molar-refractivity contribution is -0.115. The topological polar surface area (TPSA) is 64.3 Å². The molecule has 112 valence electrons. The Balaban J connectivity index is 2.72. The molecular weight excluding hydrogens is 272 g/mol. The Morgan fingerprint density at radius 3 is 2.50 bits per heavy atom. The van der Waals surface area contributed by atoms with Crippen molar-refractivity contribution in [3.63, 3.8) is 0 Å². The van der Waals surface area contributed by atoms with Crippen molar-refractivity contribution in [3.8, 4) is 5.75 Å². The molecule has 0 radical (unpaired) electrons. The lowest BCUT2D eigenvalue weighted by Gasteiger charge is -2.20. The highest BCUT2D eigenvalue weighted by Crippen LogP contribution is 2.29. The van der Waals surface area contributed by atoms with Crippen LogP contribution in [0.25, 0.3) is 0 Å². The predicted molar refractivity (Wildman–Crippen MR) is 87.4 cm³/mol. The number of rotatable bonds is 6. The Hall–Kier alpha value is -1.36. The number of benzene rings is 1. The molecule has 1 amide bonds. The van der Waals surface area contributed by atoms with E-state index < -0.39 is 0 Å². The van der Waals surface area contributed by atoms with E-state index in [2.05, 4.69) is 26.1 Å². The molecule has 0 fully saturated rings. The van der Waals surface area contributed by atoms with Gasteiger partial charge in [0.15, 0.2) is 0 Å². The minimum Gasteiger partial charge on any atom is -0.495 e. The van der Waals surface area contributed by atoms with Gasteiger partial charge in [-0.3, -0.25) is 4.79 Å². The number of carbonyl (C=O) groups is 1. The van der Waals surface area contributed by atoms with Crippen LogP contribution in [0.3, 0.4) is 0 Å². The van der Waals surface area contributed by atoms with Crippen LogP contribution in [0.5, 0.6) is 5.75 Å². The number of nitrogens with one attached hydrogen (secondary N) is 1. The van der Waals surface area contributed by atoms with Gasteiger partial charge in [-0.1, -0.05) is 20.8 Å². The first-order valence-corrected chi connectivity index (χ1v) is 7.69. The number of anilines is 2. The molecule has 3 N–H and O–H groups in total. The molecule has 4 nitrogen and oxygen atoms in total. The van der Waals surface area contributed by atoms with E-state index in [0.717, 1.165) is 0 Å². The predicted octanol–water partition coefficient (Wildman–Crippen LogP) is 3.38. The van der Waals surface area contributed by atoms with Gasteiger partial charge in [0.05, 0.1) is 18.0 Å². The quantitative estimate of drug-likeness (QED) is 0.790. The number of carbonyl (C=O) groups excluding carboxylic acids is 1. The number of thioether (sulfide) groups is 1. The highest BCUT2D eigenvalue weighted by atomic mass is 32.2. The molecule has 0 aliphatic rings. The summed E-state index contributed by atoms with van der Waals surface area (Å²) in [4.78, 5) is 12.2. The van der Waals surface area contributed by atoms with Gasteiger partial charge in [-0.25, -0.2) is 0 Å². The number of hydrogen-bond acceptors (Lipinski definition) is 4. The van der Waals surface area contributed by atoms with E-state index in [-0.39, 0.29) is 11.2 Å². The molecule has 1 rings (SSSR count). The number of nitrogen functional groups attached to an aromatic ring is 1. The van der Waals surface area contributed by atoms with E-state index in [4.69, 9.17) is 10.5 Å². The average molecular weight is 296 g/mol. The Morgan fingerprint density at radius 2 is 1.95 bits per heavy atom. The van der Waals surface area contributed by atoms with Crippen molar-refractivity contribution in [3.05, 3.63) is 18.2 Å². The first-order chi connectivity index (χ1) is 9.35. The fourth-order valence-corrected chi connectivity index (χ4v) is 2.74. The van der Waals surface area contributed by atoms with E-state index in [9.17, 15) is 4.79 Å². The summed E-state index contributed by atoms with van der Waals surface area (Å²) in [5.74, 6) is 1.12. The Morgan fingerprint density at radius 1 is 1.30 bits per heavy atom. The van der Waals surface area contributed by atoms with E-state index in [0.29, 0.717) is 28.3 Å². The molecule has 20 heavy (non-hydrogen) atoms. The average Bonchev–Trinajstić information content (AvgIpc) is 2.38. The molecule has 5 heteroatoms. The van der Waals surface area contributed by atoms with Crippen LogP contribution < -0.4 is 15.8 Å². The van der Waals surface area contributed by atoms with Crippen molar-refractivity contribution >= 4 is 29.0 Å². The van der Waals surface area contributed by atoms with Crippen LogP contribution in [0, 0.1) is 5.92 Å². The summed E-state index contributed by atoms with van der Waals surface area (Å²) in [6, 6.07) is 5.20. The number of methoxy groups -OCH3 is 1. The monoisotopic (exact) mass is 296 g/mol. The molecule has 0 aromatic heterocycles. The lowest BCUT2D eigenvalue weighted by atomic mass is 10.2. The molecule has 1 aromatic rings. The van der Waals surface area contributed by atoms with Gasteiger partial charge < -0.3 is 15.8 Å². The normalized spacial score (nSPS) is 13.9. The van der Waals surface area contributed by atoms with Crippen LogP contribution in [0.2, 0.25) is 0 Å². The van der Waals surface area contributed by atoms with Gasteiger partial charge in [0.2, 0.25) is 5.91 Å². The zero-order valence-electron chi connectivity index (χ0n) is 12.8. The largest absolute Gasteiger partial charge is 0.495 e. The molecule has 2 unspecified atom stereocenters. The van der Waals surface area contributed by atoms with Gasteiger partial charge in [-0.15, -0.1) is 11.8 Å². The highest BCUT2D eigenvalue weighted by Gasteiger charge is 2.19. The molecule has 0 saturated heterocycles. The fourth-order valence-electron chi connectivity index (χ4n) is 1.60. The third-order valence-corrected chi connectivity index (χ3v) is 4.80. The van der Waals surface area contributed by atoms with Gasteiger partial charge >= 0.3 is 0 Å². The minimum absolute atomic E-state index is 0.0357. The van der Waals surface area contributed by atoms with E-state index in [1.54, 1.807) is 37.1 Å². The second-order valence-electron chi connectivity index (χ2n) is 5.18. The Labute approximate surface area is 125 Å². The van der Waals surface area contributed by atoms with Gasteiger partial charge in [0.25, 0.3) is 0 Å². The second kappa shape index (κ2) is 7.43. The molecule has 0 heterocycles. The summed E-state index contributed by atoms with van der Waals surface area (Å²) >= 11 is 1.67. The standard InChI is InChI=1S/C15H24N2O2S/c1-9(2)10(3)20-11(4)15(18)17-13-8-12(16)6-7-14(13)19-5/h6-11H,16H2,1-5H3,(H,17,18). The van der Waals surface area contributed by atoms with Crippen LogP contribution >= 0.6 is 11.8 Å².